The number of hydrogen-bond donors (Lipinski definition) is 2. The molecule has 2 N–H and O–H groups in total. The highest BCUT2D eigenvalue weighted by atomic mass is 16.4. The first kappa shape index (κ1) is 27.4. The predicted octanol–water partition coefficient (Wildman–Crippen LogP) is 4.28. The van der Waals surface area contributed by atoms with Gasteiger partial charge in [-0.1, -0.05) is 61.3 Å². The molecule has 0 spiro atoms. The third-order valence-corrected chi connectivity index (χ3v) is 1.75. The summed E-state index contributed by atoms with van der Waals surface area (Å²) >= 11 is 0. The number of Topliss-reactive ketones (excluding diaryl/α,β-unsaturated/α-hetero) is 1. The molecule has 0 radical (unpaired) electrons. The van der Waals surface area contributed by atoms with Gasteiger partial charge in [-0.15, -0.1) is 0 Å². The van der Waals surface area contributed by atoms with E-state index >= 15 is 0 Å². The van der Waals surface area contributed by atoms with Crippen LogP contribution < -0.4 is 5.32 Å². The number of carbonyl (C=O) groups excluding carboxylic acids is 1. The molecule has 4 heteroatoms. The van der Waals surface area contributed by atoms with Crippen LogP contribution in [0, 0.1) is 0 Å². The minimum absolute atomic E-state index is 0.108. The molecule has 124 valence electrons. The lowest BCUT2D eigenvalue weighted by Gasteiger charge is -2.09. The first-order valence-electron chi connectivity index (χ1n) is 7.86. The number of rotatable bonds is 6. The second-order valence-electron chi connectivity index (χ2n) is 4.02. The van der Waals surface area contributed by atoms with Gasteiger partial charge in [0.05, 0.1) is 0 Å². The SMILES string of the molecule is CC.CCC.CCC.CCC(=O)CCC(NC)C(=O)O. The number of carbonyl (C=O) groups is 2. The summed E-state index contributed by atoms with van der Waals surface area (Å²) in [4.78, 5) is 21.3. The standard InChI is InChI=1S/C8H15NO3.2C3H8.C2H6/c1-3-6(10)4-5-7(9-2)8(11)12;2*1-3-2;1-2/h7,9H,3-5H2,1-2H3,(H,11,12);2*3H2,1-2H3;1-2H3. The Bertz CT molecular complexity index is 192. The van der Waals surface area contributed by atoms with Crippen molar-refractivity contribution in [2.75, 3.05) is 7.05 Å². The predicted molar refractivity (Wildman–Crippen MR) is 88.3 cm³/mol. The molecule has 0 aliphatic rings. The van der Waals surface area contributed by atoms with E-state index in [9.17, 15) is 9.59 Å². The molecule has 0 bridgehead atoms. The lowest BCUT2D eigenvalue weighted by Crippen LogP contribution is -2.34. The van der Waals surface area contributed by atoms with E-state index in [1.807, 2.05) is 13.8 Å². The smallest absolute Gasteiger partial charge is 0.320 e. The van der Waals surface area contributed by atoms with Crippen molar-refractivity contribution in [3.8, 4) is 0 Å². The Morgan fingerprint density at radius 2 is 1.35 bits per heavy atom. The zero-order chi connectivity index (χ0) is 17.0. The van der Waals surface area contributed by atoms with Crippen LogP contribution in [0.25, 0.3) is 0 Å². The van der Waals surface area contributed by atoms with E-state index in [4.69, 9.17) is 5.11 Å². The Kier molecular flexibility index (Phi) is 36.5. The van der Waals surface area contributed by atoms with Gasteiger partial charge in [0, 0.05) is 12.8 Å². The molecule has 1 atom stereocenters. The van der Waals surface area contributed by atoms with E-state index in [1.165, 1.54) is 12.8 Å². The Morgan fingerprint density at radius 1 is 1.00 bits per heavy atom. The zero-order valence-electron chi connectivity index (χ0n) is 14.9. The van der Waals surface area contributed by atoms with Gasteiger partial charge in [0.25, 0.3) is 0 Å². The maximum absolute atomic E-state index is 10.8. The van der Waals surface area contributed by atoms with Gasteiger partial charge in [-0.2, -0.15) is 0 Å². The van der Waals surface area contributed by atoms with Crippen LogP contribution in [0.15, 0.2) is 0 Å². The summed E-state index contributed by atoms with van der Waals surface area (Å²) in [6.07, 6.45) is 3.70. The Morgan fingerprint density at radius 3 is 1.55 bits per heavy atom. The van der Waals surface area contributed by atoms with Gasteiger partial charge in [-0.25, -0.2) is 0 Å². The summed E-state index contributed by atoms with van der Waals surface area (Å²) in [5.74, 6) is -0.794. The topological polar surface area (TPSA) is 66.4 Å². The highest BCUT2D eigenvalue weighted by Gasteiger charge is 2.15. The van der Waals surface area contributed by atoms with Crippen LogP contribution in [0.3, 0.4) is 0 Å². The minimum Gasteiger partial charge on any atom is -0.480 e. The van der Waals surface area contributed by atoms with Crippen molar-refractivity contribution in [3.05, 3.63) is 0 Å². The molecule has 0 aromatic heterocycles. The van der Waals surface area contributed by atoms with Crippen molar-refractivity contribution in [1.82, 2.24) is 5.32 Å². The van der Waals surface area contributed by atoms with Crippen molar-refractivity contribution in [1.29, 1.82) is 0 Å². The van der Waals surface area contributed by atoms with Gasteiger partial charge in [0.2, 0.25) is 0 Å². The summed E-state index contributed by atoms with van der Waals surface area (Å²) < 4.78 is 0. The average Bonchev–Trinajstić information content (AvgIpc) is 2.42. The first-order chi connectivity index (χ1) is 9.44. The molecule has 1 unspecified atom stereocenters. The number of likely N-dealkylation sites (N-methyl/N-ethyl adjacent to an activating group) is 1. The summed E-state index contributed by atoms with van der Waals surface area (Å²) in [7, 11) is 1.58. The van der Waals surface area contributed by atoms with Crippen LogP contribution in [0.2, 0.25) is 0 Å². The molecule has 20 heavy (non-hydrogen) atoms. The van der Waals surface area contributed by atoms with Gasteiger partial charge >= 0.3 is 5.97 Å². The summed E-state index contributed by atoms with van der Waals surface area (Å²) in [6.45, 7) is 14.3. The molecule has 0 aromatic carbocycles. The number of ketones is 1. The third-order valence-electron chi connectivity index (χ3n) is 1.75. The zero-order valence-corrected chi connectivity index (χ0v) is 14.9. The van der Waals surface area contributed by atoms with Crippen molar-refractivity contribution in [2.45, 2.75) is 86.6 Å². The molecule has 0 amide bonds. The largest absolute Gasteiger partial charge is 0.480 e. The van der Waals surface area contributed by atoms with Crippen LogP contribution in [-0.2, 0) is 9.59 Å². The molecule has 4 nitrogen and oxygen atoms in total. The fraction of sp³-hybridized carbons (Fsp3) is 0.875. The number of hydrogen-bond acceptors (Lipinski definition) is 3. The monoisotopic (exact) mass is 291 g/mol. The van der Waals surface area contributed by atoms with E-state index in [1.54, 1.807) is 14.0 Å². The van der Waals surface area contributed by atoms with Gasteiger partial charge in [-0.05, 0) is 13.5 Å². The Hall–Kier alpha value is -0.900. The molecule has 0 aliphatic carbocycles. The fourth-order valence-corrected chi connectivity index (χ4v) is 0.873. The summed E-state index contributed by atoms with van der Waals surface area (Å²) in [6, 6.07) is -0.597. The lowest BCUT2D eigenvalue weighted by molar-refractivity contribution is -0.139. The highest BCUT2D eigenvalue weighted by molar-refractivity contribution is 5.79. The van der Waals surface area contributed by atoms with Crippen LogP contribution in [0.5, 0.6) is 0 Å². The van der Waals surface area contributed by atoms with Gasteiger partial charge in [-0.3, -0.25) is 9.59 Å². The minimum atomic E-state index is -0.901. The number of aliphatic carboxylic acids is 1. The second kappa shape index (κ2) is 26.6. The molecule has 0 aromatic rings. The van der Waals surface area contributed by atoms with E-state index in [-0.39, 0.29) is 5.78 Å². The first-order valence-corrected chi connectivity index (χ1v) is 7.86. The van der Waals surface area contributed by atoms with Crippen molar-refractivity contribution in [2.24, 2.45) is 0 Å². The quantitative estimate of drug-likeness (QED) is 0.766. The van der Waals surface area contributed by atoms with Crippen molar-refractivity contribution < 1.29 is 14.7 Å². The van der Waals surface area contributed by atoms with Gasteiger partial charge in [0.15, 0.2) is 0 Å². The Labute approximate surface area is 126 Å². The third kappa shape index (κ3) is 30.3. The van der Waals surface area contributed by atoms with Crippen LogP contribution in [0.1, 0.15) is 80.6 Å². The fourth-order valence-electron chi connectivity index (χ4n) is 0.873. The Balaban J connectivity index is -0.000000133. The lowest BCUT2D eigenvalue weighted by atomic mass is 10.1. The summed E-state index contributed by atoms with van der Waals surface area (Å²) in [5.41, 5.74) is 0. The average molecular weight is 291 g/mol. The maximum Gasteiger partial charge on any atom is 0.320 e. The molecular weight excluding hydrogens is 254 g/mol. The second-order valence-corrected chi connectivity index (χ2v) is 4.02. The molecule has 0 saturated heterocycles. The van der Waals surface area contributed by atoms with Crippen LogP contribution in [-0.4, -0.2) is 29.9 Å². The number of carboxylic acid groups (broad SMARTS) is 1. The van der Waals surface area contributed by atoms with Crippen LogP contribution >= 0.6 is 0 Å². The summed E-state index contributed by atoms with van der Waals surface area (Å²) in [5, 5.41) is 11.2. The molecule has 0 aliphatic heterocycles. The van der Waals surface area contributed by atoms with Gasteiger partial charge < -0.3 is 10.4 Å². The molecule has 0 fully saturated rings. The molecule has 0 heterocycles. The van der Waals surface area contributed by atoms with Crippen molar-refractivity contribution in [3.63, 3.8) is 0 Å². The van der Waals surface area contributed by atoms with Gasteiger partial charge in [0.1, 0.15) is 11.8 Å². The van der Waals surface area contributed by atoms with Crippen molar-refractivity contribution >= 4 is 11.8 Å². The number of nitrogens with one attached hydrogen (secondary N) is 1. The molecule has 0 rings (SSSR count). The van der Waals surface area contributed by atoms with E-state index in [0.717, 1.165) is 0 Å². The highest BCUT2D eigenvalue weighted by Crippen LogP contribution is 1.99. The maximum atomic E-state index is 10.8. The number of carboxylic acids is 1. The molecule has 0 saturated carbocycles. The molecular formula is C16H37NO3. The van der Waals surface area contributed by atoms with E-state index in [0.29, 0.717) is 19.3 Å². The normalized spacial score (nSPS) is 9.60. The van der Waals surface area contributed by atoms with E-state index in [2.05, 4.69) is 33.0 Å². The van der Waals surface area contributed by atoms with Crippen LogP contribution in [0.4, 0.5) is 0 Å². The van der Waals surface area contributed by atoms with E-state index < -0.39 is 12.0 Å².